The topological polar surface area (TPSA) is 20.3 Å². The summed E-state index contributed by atoms with van der Waals surface area (Å²) in [5, 5.41) is 0. The molecule has 0 radical (unpaired) electrons. The van der Waals surface area contributed by atoms with E-state index in [1.54, 1.807) is 0 Å². The molecule has 2 aliphatic rings. The van der Waals surface area contributed by atoms with E-state index in [9.17, 15) is 4.79 Å². The summed E-state index contributed by atoms with van der Waals surface area (Å²) in [6.45, 7) is 2.83. The number of amides is 1. The van der Waals surface area contributed by atoms with Crippen LogP contribution in [0.1, 0.15) is 26.2 Å². The van der Waals surface area contributed by atoms with Crippen molar-refractivity contribution in [2.45, 2.75) is 26.2 Å². The van der Waals surface area contributed by atoms with Crippen LogP contribution in [0.15, 0.2) is 30.3 Å². The van der Waals surface area contributed by atoms with Crippen LogP contribution in [0.5, 0.6) is 0 Å². The number of hydrogen-bond donors (Lipinski definition) is 0. The fraction of sp³-hybridized carbons (Fsp3) is 0.533. The third-order valence-electron chi connectivity index (χ3n) is 4.24. The maximum atomic E-state index is 12.5. The quantitative estimate of drug-likeness (QED) is 0.780. The smallest absolute Gasteiger partial charge is 0.230 e. The van der Waals surface area contributed by atoms with E-state index in [2.05, 4.69) is 6.92 Å². The number of fused-ring (bicyclic) bond motifs is 1. The molecule has 1 aromatic carbocycles. The van der Waals surface area contributed by atoms with Gasteiger partial charge in [0, 0.05) is 18.2 Å². The first-order valence-corrected chi connectivity index (χ1v) is 6.66. The summed E-state index contributed by atoms with van der Waals surface area (Å²) in [5.74, 6) is 2.38. The average Bonchev–Trinajstić information content (AvgIpc) is 2.98. The average molecular weight is 229 g/mol. The Labute approximate surface area is 103 Å². The van der Waals surface area contributed by atoms with Gasteiger partial charge >= 0.3 is 0 Å². The van der Waals surface area contributed by atoms with Gasteiger partial charge < -0.3 is 4.90 Å². The summed E-state index contributed by atoms with van der Waals surface area (Å²) in [5.41, 5.74) is 1.04. The molecule has 0 saturated heterocycles. The molecule has 2 heteroatoms. The van der Waals surface area contributed by atoms with E-state index < -0.39 is 0 Å². The number of rotatable bonds is 3. The van der Waals surface area contributed by atoms with Crippen molar-refractivity contribution in [2.75, 3.05) is 11.4 Å². The van der Waals surface area contributed by atoms with Gasteiger partial charge in [-0.3, -0.25) is 4.79 Å². The number of carbonyl (C=O) groups excluding carboxylic acids is 1. The second kappa shape index (κ2) is 4.17. The third kappa shape index (κ3) is 1.97. The molecule has 90 valence electrons. The maximum Gasteiger partial charge on any atom is 0.230 e. The normalized spacial score (nSPS) is 29.8. The van der Waals surface area contributed by atoms with E-state index >= 15 is 0 Å². The van der Waals surface area contributed by atoms with E-state index in [1.165, 1.54) is 6.42 Å². The maximum absolute atomic E-state index is 12.5. The van der Waals surface area contributed by atoms with Gasteiger partial charge in [-0.2, -0.15) is 0 Å². The first-order valence-electron chi connectivity index (χ1n) is 6.66. The molecular formula is C15H19NO. The number of hydrogen-bond acceptors (Lipinski definition) is 1. The van der Waals surface area contributed by atoms with Crippen molar-refractivity contribution in [3.8, 4) is 0 Å². The first-order chi connectivity index (χ1) is 8.29. The molecule has 0 spiro atoms. The minimum Gasteiger partial charge on any atom is -0.312 e. The highest BCUT2D eigenvalue weighted by Crippen LogP contribution is 2.54. The molecule has 0 heterocycles. The van der Waals surface area contributed by atoms with Gasteiger partial charge in [0.2, 0.25) is 5.91 Å². The Bertz CT molecular complexity index is 404. The molecule has 17 heavy (non-hydrogen) atoms. The largest absolute Gasteiger partial charge is 0.312 e. The van der Waals surface area contributed by atoms with Crippen molar-refractivity contribution in [3.63, 3.8) is 0 Å². The predicted octanol–water partition coefficient (Wildman–Crippen LogP) is 3.09. The molecular weight excluding hydrogens is 210 g/mol. The second-order valence-corrected chi connectivity index (χ2v) is 5.34. The monoisotopic (exact) mass is 229 g/mol. The molecule has 1 amide bonds. The highest BCUT2D eigenvalue weighted by Gasteiger charge is 2.48. The van der Waals surface area contributed by atoms with Crippen LogP contribution in [-0.2, 0) is 4.79 Å². The molecule has 2 nitrogen and oxygen atoms in total. The molecule has 1 aromatic rings. The molecule has 0 aliphatic heterocycles. The summed E-state index contributed by atoms with van der Waals surface area (Å²) in [6.07, 6.45) is 3.64. The van der Waals surface area contributed by atoms with Crippen molar-refractivity contribution in [3.05, 3.63) is 30.3 Å². The van der Waals surface area contributed by atoms with Crippen LogP contribution in [0.2, 0.25) is 0 Å². The Hall–Kier alpha value is -1.31. The van der Waals surface area contributed by atoms with Crippen LogP contribution >= 0.6 is 0 Å². The van der Waals surface area contributed by atoms with Crippen LogP contribution in [0.4, 0.5) is 5.69 Å². The zero-order valence-electron chi connectivity index (χ0n) is 10.3. The van der Waals surface area contributed by atoms with Crippen LogP contribution in [0.25, 0.3) is 0 Å². The van der Waals surface area contributed by atoms with E-state index in [0.717, 1.165) is 36.9 Å². The van der Waals surface area contributed by atoms with Crippen LogP contribution in [0.3, 0.4) is 0 Å². The molecule has 0 N–H and O–H groups in total. The number of nitrogens with zero attached hydrogens (tertiary/aromatic N) is 1. The van der Waals surface area contributed by atoms with E-state index in [-0.39, 0.29) is 0 Å². The molecule has 2 fully saturated rings. The van der Waals surface area contributed by atoms with E-state index in [4.69, 9.17) is 0 Å². The van der Waals surface area contributed by atoms with Crippen molar-refractivity contribution >= 4 is 11.6 Å². The minimum absolute atomic E-state index is 0.291. The Morgan fingerprint density at radius 3 is 2.41 bits per heavy atom. The molecule has 3 rings (SSSR count). The Morgan fingerprint density at radius 1 is 1.18 bits per heavy atom. The molecule has 2 aliphatic carbocycles. The number of benzene rings is 1. The summed E-state index contributed by atoms with van der Waals surface area (Å²) in [6, 6.07) is 10.0. The lowest BCUT2D eigenvalue weighted by Gasteiger charge is -2.25. The highest BCUT2D eigenvalue weighted by atomic mass is 16.2. The molecule has 2 atom stereocenters. The number of anilines is 1. The van der Waals surface area contributed by atoms with Gasteiger partial charge in [0.25, 0.3) is 0 Å². The Morgan fingerprint density at radius 2 is 1.82 bits per heavy atom. The van der Waals surface area contributed by atoms with E-state index in [0.29, 0.717) is 11.8 Å². The van der Waals surface area contributed by atoms with Crippen LogP contribution in [-0.4, -0.2) is 12.5 Å². The number of para-hydroxylation sites is 1. The third-order valence-corrected chi connectivity index (χ3v) is 4.24. The Kier molecular flexibility index (Phi) is 2.65. The van der Waals surface area contributed by atoms with Crippen LogP contribution < -0.4 is 4.90 Å². The van der Waals surface area contributed by atoms with Gasteiger partial charge in [-0.05, 0) is 50.2 Å². The fourth-order valence-electron chi connectivity index (χ4n) is 3.21. The fourth-order valence-corrected chi connectivity index (χ4v) is 3.21. The van der Waals surface area contributed by atoms with Gasteiger partial charge in [0.05, 0.1) is 0 Å². The van der Waals surface area contributed by atoms with Gasteiger partial charge in [0.1, 0.15) is 0 Å². The number of carbonyl (C=O) groups is 1. The van der Waals surface area contributed by atoms with Gasteiger partial charge in [0.15, 0.2) is 0 Å². The second-order valence-electron chi connectivity index (χ2n) is 5.34. The van der Waals surface area contributed by atoms with Gasteiger partial charge in [-0.15, -0.1) is 0 Å². The van der Waals surface area contributed by atoms with E-state index in [1.807, 2.05) is 35.2 Å². The summed E-state index contributed by atoms with van der Waals surface area (Å²) < 4.78 is 0. The molecule has 0 bridgehead atoms. The van der Waals surface area contributed by atoms with Crippen molar-refractivity contribution in [1.82, 2.24) is 0 Å². The van der Waals surface area contributed by atoms with Gasteiger partial charge in [-0.1, -0.05) is 18.2 Å². The lowest BCUT2D eigenvalue weighted by atomic mass is 10.0. The first kappa shape index (κ1) is 10.8. The zero-order valence-corrected chi connectivity index (χ0v) is 10.3. The Balaban J connectivity index is 1.74. The zero-order chi connectivity index (χ0) is 11.8. The lowest BCUT2D eigenvalue weighted by Crippen LogP contribution is -2.35. The molecule has 0 aromatic heterocycles. The predicted molar refractivity (Wildman–Crippen MR) is 68.8 cm³/mol. The summed E-state index contributed by atoms with van der Waals surface area (Å²) in [4.78, 5) is 14.4. The van der Waals surface area contributed by atoms with Crippen molar-refractivity contribution in [2.24, 2.45) is 17.8 Å². The SMILES string of the molecule is CCN(C(=O)C1CC2CC2C1)c1ccccc1. The lowest BCUT2D eigenvalue weighted by molar-refractivity contribution is -0.122. The minimum atomic E-state index is 0.291. The van der Waals surface area contributed by atoms with Crippen molar-refractivity contribution < 1.29 is 4.79 Å². The van der Waals surface area contributed by atoms with Crippen LogP contribution in [0, 0.1) is 17.8 Å². The summed E-state index contributed by atoms with van der Waals surface area (Å²) >= 11 is 0. The summed E-state index contributed by atoms with van der Waals surface area (Å²) in [7, 11) is 0. The highest BCUT2D eigenvalue weighted by molar-refractivity contribution is 5.95. The van der Waals surface area contributed by atoms with Gasteiger partial charge in [-0.25, -0.2) is 0 Å². The molecule has 2 saturated carbocycles. The van der Waals surface area contributed by atoms with Crippen molar-refractivity contribution in [1.29, 1.82) is 0 Å². The standard InChI is InChI=1S/C15H19NO/c1-2-16(14-6-4-3-5-7-14)15(17)13-9-11-8-12(11)10-13/h3-7,11-13H,2,8-10H2,1H3. The molecule has 2 unspecified atom stereocenters.